The van der Waals surface area contributed by atoms with Gasteiger partial charge in [0.2, 0.25) is 0 Å². The molecule has 1 aliphatic rings. The molecule has 0 saturated carbocycles. The minimum atomic E-state index is -0.00383. The van der Waals surface area contributed by atoms with Gasteiger partial charge in [0.15, 0.2) is 11.5 Å². The molecular weight excluding hydrogens is 436 g/mol. The van der Waals surface area contributed by atoms with Crippen LogP contribution in [0.5, 0.6) is 17.2 Å². The Morgan fingerprint density at radius 2 is 1.82 bits per heavy atom. The first kappa shape index (κ1) is 25.7. The molecule has 2 aromatic rings. The summed E-state index contributed by atoms with van der Waals surface area (Å²) in [5.74, 6) is 0.299. The third-order valence-electron chi connectivity index (χ3n) is 6.65. The molecule has 0 bridgehead atoms. The fourth-order valence-corrected chi connectivity index (χ4v) is 5.18. The van der Waals surface area contributed by atoms with Gasteiger partial charge >= 0.3 is 0 Å². The molecule has 0 saturated heterocycles. The van der Waals surface area contributed by atoms with Gasteiger partial charge in [-0.15, -0.1) is 0 Å². The Labute approximate surface area is 203 Å². The van der Waals surface area contributed by atoms with Crippen LogP contribution in [0.25, 0.3) is 0 Å². The van der Waals surface area contributed by atoms with Crippen LogP contribution in [0, 0.1) is 0 Å². The summed E-state index contributed by atoms with van der Waals surface area (Å²) in [7, 11) is 0. The Hall–Kier alpha value is -1.95. The Morgan fingerprint density at radius 1 is 1.00 bits per heavy atom. The molecule has 182 valence electrons. The molecule has 1 aliphatic carbocycles. The van der Waals surface area contributed by atoms with Crippen LogP contribution in [0.4, 0.5) is 0 Å². The summed E-state index contributed by atoms with van der Waals surface area (Å²) in [6, 6.07) is 9.35. The zero-order valence-electron chi connectivity index (χ0n) is 19.8. The number of nitrogens with zero attached hydrogens (tertiary/aromatic N) is 1. The van der Waals surface area contributed by atoms with Gasteiger partial charge in [-0.3, -0.25) is 0 Å². The average Bonchev–Trinajstić information content (AvgIpc) is 2.79. The molecule has 1 unspecified atom stereocenters. The number of nitrogens with one attached hydrogen (secondary N) is 1. The molecule has 6 heteroatoms. The molecule has 4 N–H and O–H groups in total. The van der Waals surface area contributed by atoms with E-state index in [2.05, 4.69) is 17.1 Å². The number of halogens is 1. The van der Waals surface area contributed by atoms with Crippen LogP contribution < -0.4 is 5.32 Å². The maximum atomic E-state index is 10.1. The van der Waals surface area contributed by atoms with Crippen LogP contribution in [0.3, 0.4) is 0 Å². The number of phenolic OH excluding ortho intramolecular Hbond substituents is 3. The van der Waals surface area contributed by atoms with E-state index < -0.39 is 0 Å². The van der Waals surface area contributed by atoms with E-state index in [0.717, 1.165) is 69.4 Å². The summed E-state index contributed by atoms with van der Waals surface area (Å²) in [5, 5.41) is 33.6. The summed E-state index contributed by atoms with van der Waals surface area (Å²) < 4.78 is 0. The average molecular weight is 475 g/mol. The maximum Gasteiger partial charge on any atom is 0.160 e. The molecule has 5 nitrogen and oxygen atoms in total. The molecule has 33 heavy (non-hydrogen) atoms. The minimum absolute atomic E-state index is 0.00383. The van der Waals surface area contributed by atoms with Gasteiger partial charge in [-0.05, 0) is 107 Å². The van der Waals surface area contributed by atoms with Gasteiger partial charge in [0.05, 0.1) is 0 Å². The van der Waals surface area contributed by atoms with Gasteiger partial charge in [0.1, 0.15) is 5.75 Å². The van der Waals surface area contributed by atoms with Gasteiger partial charge in [0, 0.05) is 16.6 Å². The zero-order valence-corrected chi connectivity index (χ0v) is 20.6. The lowest BCUT2D eigenvalue weighted by Crippen LogP contribution is -2.40. The van der Waals surface area contributed by atoms with Crippen molar-refractivity contribution < 1.29 is 15.3 Å². The second-order valence-corrected chi connectivity index (χ2v) is 9.67. The monoisotopic (exact) mass is 474 g/mol. The molecule has 0 amide bonds. The predicted octanol–water partition coefficient (Wildman–Crippen LogP) is 5.42. The van der Waals surface area contributed by atoms with Crippen LogP contribution in [-0.4, -0.2) is 52.4 Å². The van der Waals surface area contributed by atoms with Crippen LogP contribution in [0.15, 0.2) is 30.3 Å². The van der Waals surface area contributed by atoms with Gasteiger partial charge in [-0.1, -0.05) is 37.4 Å². The highest BCUT2D eigenvalue weighted by Gasteiger charge is 2.26. The topological polar surface area (TPSA) is 76.0 Å². The van der Waals surface area contributed by atoms with E-state index >= 15 is 0 Å². The summed E-state index contributed by atoms with van der Waals surface area (Å²) in [4.78, 5) is 2.63. The van der Waals surface area contributed by atoms with Crippen molar-refractivity contribution >= 4 is 11.6 Å². The van der Waals surface area contributed by atoms with Crippen LogP contribution in [0.2, 0.25) is 5.02 Å². The first-order chi connectivity index (χ1) is 16.0. The molecule has 0 fully saturated rings. The third-order valence-corrected chi connectivity index (χ3v) is 6.87. The third kappa shape index (κ3) is 7.80. The van der Waals surface area contributed by atoms with Crippen LogP contribution in [-0.2, 0) is 19.3 Å². The second-order valence-electron chi connectivity index (χ2n) is 9.24. The van der Waals surface area contributed by atoms with Crippen molar-refractivity contribution in [2.75, 3.05) is 26.2 Å². The quantitative estimate of drug-likeness (QED) is 0.230. The zero-order chi connectivity index (χ0) is 23.6. The van der Waals surface area contributed by atoms with E-state index in [0.29, 0.717) is 11.1 Å². The van der Waals surface area contributed by atoms with Gasteiger partial charge in [0.25, 0.3) is 0 Å². The molecule has 0 heterocycles. The van der Waals surface area contributed by atoms with Crippen molar-refractivity contribution in [3.8, 4) is 17.2 Å². The SMILES string of the molecule is CCCN(CCCCCCNCCc1cc(O)cc(Cl)c1)C1CCc2c(ccc(O)c2O)C1. The summed E-state index contributed by atoms with van der Waals surface area (Å²) in [5.41, 5.74) is 3.17. The number of aromatic hydroxyl groups is 3. The van der Waals surface area contributed by atoms with Gasteiger partial charge < -0.3 is 25.5 Å². The number of fused-ring (bicyclic) bond motifs is 1. The molecule has 2 aromatic carbocycles. The van der Waals surface area contributed by atoms with Crippen molar-refractivity contribution in [3.05, 3.63) is 52.0 Å². The Bertz CT molecular complexity index is 870. The van der Waals surface area contributed by atoms with Gasteiger partial charge in [-0.25, -0.2) is 0 Å². The predicted molar refractivity (Wildman–Crippen MR) is 136 cm³/mol. The molecule has 0 aliphatic heterocycles. The van der Waals surface area contributed by atoms with E-state index in [1.165, 1.54) is 31.2 Å². The van der Waals surface area contributed by atoms with Crippen LogP contribution >= 0.6 is 11.6 Å². The highest BCUT2D eigenvalue weighted by atomic mass is 35.5. The van der Waals surface area contributed by atoms with Crippen LogP contribution in [0.1, 0.15) is 62.1 Å². The molecule has 0 spiro atoms. The molecule has 0 radical (unpaired) electrons. The van der Waals surface area contributed by atoms with E-state index in [9.17, 15) is 15.3 Å². The van der Waals surface area contributed by atoms with E-state index in [1.54, 1.807) is 18.2 Å². The normalized spacial score (nSPS) is 15.7. The molecular formula is C27H39ClN2O3. The lowest BCUT2D eigenvalue weighted by Gasteiger charge is -2.35. The highest BCUT2D eigenvalue weighted by molar-refractivity contribution is 6.30. The number of phenols is 3. The number of unbranched alkanes of at least 4 members (excludes halogenated alkanes) is 3. The fourth-order valence-electron chi connectivity index (χ4n) is 4.93. The van der Waals surface area contributed by atoms with Crippen molar-refractivity contribution in [1.29, 1.82) is 0 Å². The summed E-state index contributed by atoms with van der Waals surface area (Å²) >= 11 is 5.98. The van der Waals surface area contributed by atoms with E-state index in [1.807, 2.05) is 12.1 Å². The van der Waals surface area contributed by atoms with E-state index in [-0.39, 0.29) is 17.2 Å². The van der Waals surface area contributed by atoms with Crippen molar-refractivity contribution in [1.82, 2.24) is 10.2 Å². The highest BCUT2D eigenvalue weighted by Crippen LogP contribution is 2.36. The van der Waals surface area contributed by atoms with Crippen molar-refractivity contribution in [2.45, 2.75) is 70.8 Å². The largest absolute Gasteiger partial charge is 0.508 e. The van der Waals surface area contributed by atoms with Crippen molar-refractivity contribution in [3.63, 3.8) is 0 Å². The molecule has 1 atom stereocenters. The maximum absolute atomic E-state index is 10.1. The number of hydrogen-bond acceptors (Lipinski definition) is 5. The lowest BCUT2D eigenvalue weighted by molar-refractivity contribution is 0.175. The summed E-state index contributed by atoms with van der Waals surface area (Å²) in [6.07, 6.45) is 9.70. The second kappa shape index (κ2) is 13.1. The number of hydrogen-bond donors (Lipinski definition) is 4. The number of benzene rings is 2. The molecule has 3 rings (SSSR count). The minimum Gasteiger partial charge on any atom is -0.508 e. The smallest absolute Gasteiger partial charge is 0.160 e. The molecule has 0 aromatic heterocycles. The standard InChI is InChI=1S/C27H39ClN2O3/c1-2-14-30(23-8-9-25-21(18-23)7-10-26(32)27(25)33)15-6-4-3-5-12-29-13-11-20-16-22(28)19-24(31)17-20/h7,10,16-17,19,23,29,31-33H,2-6,8-9,11-15,18H2,1H3. The number of rotatable bonds is 13. The first-order valence-corrected chi connectivity index (χ1v) is 12.8. The lowest BCUT2D eigenvalue weighted by atomic mass is 9.86. The van der Waals surface area contributed by atoms with Gasteiger partial charge in [-0.2, -0.15) is 0 Å². The Balaban J connectivity index is 1.31. The summed E-state index contributed by atoms with van der Waals surface area (Å²) in [6.45, 7) is 6.39. The van der Waals surface area contributed by atoms with Crippen molar-refractivity contribution in [2.24, 2.45) is 0 Å². The first-order valence-electron chi connectivity index (χ1n) is 12.4. The Morgan fingerprint density at radius 3 is 2.61 bits per heavy atom. The fraction of sp³-hybridized carbons (Fsp3) is 0.556. The van der Waals surface area contributed by atoms with E-state index in [4.69, 9.17) is 11.6 Å². The Kier molecular flexibility index (Phi) is 10.2.